The van der Waals surface area contributed by atoms with Crippen LogP contribution in [0.1, 0.15) is 29.0 Å². The third-order valence-electron chi connectivity index (χ3n) is 2.36. The summed E-state index contributed by atoms with van der Waals surface area (Å²) in [6.45, 7) is 2.01. The SMILES string of the molecule is CC(Nc1nc(C(=O)O)cs1)c1ccccc1. The molecule has 5 heteroatoms. The number of carbonyl (C=O) groups is 1. The van der Waals surface area contributed by atoms with E-state index in [0.717, 1.165) is 5.56 Å². The first-order chi connectivity index (χ1) is 8.16. The van der Waals surface area contributed by atoms with E-state index in [4.69, 9.17) is 5.11 Å². The molecule has 0 radical (unpaired) electrons. The topological polar surface area (TPSA) is 62.2 Å². The molecule has 0 saturated carbocycles. The van der Waals surface area contributed by atoms with E-state index in [1.165, 1.54) is 16.7 Å². The average Bonchev–Trinajstić information content (AvgIpc) is 2.79. The molecule has 0 spiro atoms. The van der Waals surface area contributed by atoms with Gasteiger partial charge >= 0.3 is 5.97 Å². The Labute approximate surface area is 103 Å². The summed E-state index contributed by atoms with van der Waals surface area (Å²) in [5.41, 5.74) is 1.22. The zero-order valence-corrected chi connectivity index (χ0v) is 10.1. The van der Waals surface area contributed by atoms with Gasteiger partial charge in [-0.1, -0.05) is 30.3 Å². The second-order valence-electron chi connectivity index (χ2n) is 3.62. The Kier molecular flexibility index (Phi) is 3.39. The second-order valence-corrected chi connectivity index (χ2v) is 4.48. The molecule has 1 atom stereocenters. The first kappa shape index (κ1) is 11.6. The molecule has 0 aliphatic carbocycles. The van der Waals surface area contributed by atoms with Crippen molar-refractivity contribution in [3.8, 4) is 0 Å². The Morgan fingerprint density at radius 3 is 2.71 bits per heavy atom. The van der Waals surface area contributed by atoms with Gasteiger partial charge in [0.1, 0.15) is 0 Å². The van der Waals surface area contributed by atoms with Crippen molar-refractivity contribution in [1.82, 2.24) is 4.98 Å². The number of aromatic carboxylic acids is 1. The van der Waals surface area contributed by atoms with Gasteiger partial charge in [-0.3, -0.25) is 0 Å². The summed E-state index contributed by atoms with van der Waals surface area (Å²) in [6.07, 6.45) is 0. The molecule has 2 aromatic rings. The molecule has 2 rings (SSSR count). The second kappa shape index (κ2) is 4.97. The minimum atomic E-state index is -0.998. The van der Waals surface area contributed by atoms with Crippen LogP contribution in [0.5, 0.6) is 0 Å². The van der Waals surface area contributed by atoms with E-state index in [-0.39, 0.29) is 11.7 Å². The first-order valence-corrected chi connectivity index (χ1v) is 6.05. The van der Waals surface area contributed by atoms with E-state index < -0.39 is 5.97 Å². The molecule has 0 aliphatic rings. The van der Waals surface area contributed by atoms with E-state index in [0.29, 0.717) is 5.13 Å². The summed E-state index contributed by atoms with van der Waals surface area (Å²) in [5.74, 6) is -0.998. The fraction of sp³-hybridized carbons (Fsp3) is 0.167. The Balaban J connectivity index is 2.08. The molecule has 1 aromatic heterocycles. The third-order valence-corrected chi connectivity index (χ3v) is 3.14. The molecule has 0 amide bonds. The van der Waals surface area contributed by atoms with Gasteiger partial charge in [0.2, 0.25) is 0 Å². The molecule has 2 N–H and O–H groups in total. The summed E-state index contributed by atoms with van der Waals surface area (Å²) < 4.78 is 0. The van der Waals surface area contributed by atoms with E-state index in [1.54, 1.807) is 0 Å². The number of anilines is 1. The van der Waals surface area contributed by atoms with Gasteiger partial charge < -0.3 is 10.4 Å². The first-order valence-electron chi connectivity index (χ1n) is 5.17. The molecule has 4 nitrogen and oxygen atoms in total. The van der Waals surface area contributed by atoms with Crippen LogP contribution >= 0.6 is 11.3 Å². The van der Waals surface area contributed by atoms with Crippen LogP contribution < -0.4 is 5.32 Å². The quantitative estimate of drug-likeness (QED) is 0.873. The fourth-order valence-electron chi connectivity index (χ4n) is 1.45. The molecule has 17 heavy (non-hydrogen) atoms. The molecule has 0 saturated heterocycles. The van der Waals surface area contributed by atoms with Crippen LogP contribution in [-0.4, -0.2) is 16.1 Å². The summed E-state index contributed by atoms with van der Waals surface area (Å²) in [7, 11) is 0. The van der Waals surface area contributed by atoms with Crippen LogP contribution in [0.25, 0.3) is 0 Å². The van der Waals surface area contributed by atoms with E-state index in [1.807, 2.05) is 37.3 Å². The number of hydrogen-bond donors (Lipinski definition) is 2. The van der Waals surface area contributed by atoms with Crippen LogP contribution in [0.4, 0.5) is 5.13 Å². The van der Waals surface area contributed by atoms with Gasteiger partial charge in [-0.2, -0.15) is 0 Å². The Morgan fingerprint density at radius 2 is 2.12 bits per heavy atom. The zero-order chi connectivity index (χ0) is 12.3. The van der Waals surface area contributed by atoms with Crippen LogP contribution in [-0.2, 0) is 0 Å². The molecule has 88 valence electrons. The van der Waals surface area contributed by atoms with Crippen molar-refractivity contribution in [3.63, 3.8) is 0 Å². The normalized spacial score (nSPS) is 12.1. The lowest BCUT2D eigenvalue weighted by molar-refractivity contribution is 0.0691. The lowest BCUT2D eigenvalue weighted by Gasteiger charge is -2.12. The number of thiazole rings is 1. The molecule has 0 bridgehead atoms. The van der Waals surface area contributed by atoms with Crippen molar-refractivity contribution in [1.29, 1.82) is 0 Å². The van der Waals surface area contributed by atoms with Crippen molar-refractivity contribution in [2.75, 3.05) is 5.32 Å². The van der Waals surface area contributed by atoms with Crippen LogP contribution in [0.15, 0.2) is 35.7 Å². The zero-order valence-electron chi connectivity index (χ0n) is 9.25. The van der Waals surface area contributed by atoms with Crippen molar-refractivity contribution in [3.05, 3.63) is 47.0 Å². The number of carboxylic acids is 1. The Bertz CT molecular complexity index is 510. The smallest absolute Gasteiger partial charge is 0.355 e. The number of rotatable bonds is 4. The molecule has 0 aliphatic heterocycles. The Hall–Kier alpha value is -1.88. The maximum Gasteiger partial charge on any atom is 0.355 e. The van der Waals surface area contributed by atoms with Crippen LogP contribution in [0.3, 0.4) is 0 Å². The van der Waals surface area contributed by atoms with Gasteiger partial charge in [-0.15, -0.1) is 11.3 Å². The maximum atomic E-state index is 10.7. The fourth-order valence-corrected chi connectivity index (χ4v) is 2.22. The standard InChI is InChI=1S/C12H12N2O2S/c1-8(9-5-3-2-4-6-9)13-12-14-10(7-17-12)11(15)16/h2-8H,1H3,(H,13,14)(H,15,16). The highest BCUT2D eigenvalue weighted by atomic mass is 32.1. The minimum Gasteiger partial charge on any atom is -0.476 e. The van der Waals surface area contributed by atoms with Crippen molar-refractivity contribution >= 4 is 22.4 Å². The molecular formula is C12H12N2O2S. The predicted octanol–water partition coefficient (Wildman–Crippen LogP) is 3.01. The van der Waals surface area contributed by atoms with Gasteiger partial charge in [0.25, 0.3) is 0 Å². The number of benzene rings is 1. The summed E-state index contributed by atoms with van der Waals surface area (Å²) in [4.78, 5) is 14.7. The summed E-state index contributed by atoms with van der Waals surface area (Å²) >= 11 is 1.30. The van der Waals surface area contributed by atoms with E-state index >= 15 is 0 Å². The summed E-state index contributed by atoms with van der Waals surface area (Å²) in [6, 6.07) is 10.0. The monoisotopic (exact) mass is 248 g/mol. The van der Waals surface area contributed by atoms with Gasteiger partial charge in [-0.05, 0) is 12.5 Å². The average molecular weight is 248 g/mol. The molecule has 1 aromatic carbocycles. The Morgan fingerprint density at radius 1 is 1.41 bits per heavy atom. The lowest BCUT2D eigenvalue weighted by Crippen LogP contribution is -2.06. The van der Waals surface area contributed by atoms with Gasteiger partial charge in [0.15, 0.2) is 10.8 Å². The van der Waals surface area contributed by atoms with E-state index in [2.05, 4.69) is 10.3 Å². The number of carboxylic acid groups (broad SMARTS) is 1. The molecular weight excluding hydrogens is 236 g/mol. The van der Waals surface area contributed by atoms with Crippen LogP contribution in [0, 0.1) is 0 Å². The van der Waals surface area contributed by atoms with Crippen molar-refractivity contribution in [2.24, 2.45) is 0 Å². The van der Waals surface area contributed by atoms with Crippen molar-refractivity contribution < 1.29 is 9.90 Å². The number of nitrogens with zero attached hydrogens (tertiary/aromatic N) is 1. The highest BCUT2D eigenvalue weighted by molar-refractivity contribution is 7.13. The predicted molar refractivity (Wildman–Crippen MR) is 67.6 cm³/mol. The third kappa shape index (κ3) is 2.82. The van der Waals surface area contributed by atoms with E-state index in [9.17, 15) is 4.79 Å². The maximum absolute atomic E-state index is 10.7. The highest BCUT2D eigenvalue weighted by Crippen LogP contribution is 2.22. The number of nitrogens with one attached hydrogen (secondary N) is 1. The molecule has 0 fully saturated rings. The summed E-state index contributed by atoms with van der Waals surface area (Å²) in [5, 5.41) is 14.1. The lowest BCUT2D eigenvalue weighted by atomic mass is 10.1. The van der Waals surface area contributed by atoms with Gasteiger partial charge in [0, 0.05) is 5.38 Å². The van der Waals surface area contributed by atoms with Gasteiger partial charge in [0.05, 0.1) is 6.04 Å². The number of aromatic nitrogens is 1. The highest BCUT2D eigenvalue weighted by Gasteiger charge is 2.11. The molecule has 1 unspecified atom stereocenters. The minimum absolute atomic E-state index is 0.0813. The largest absolute Gasteiger partial charge is 0.476 e. The van der Waals surface area contributed by atoms with Gasteiger partial charge in [-0.25, -0.2) is 9.78 Å². The van der Waals surface area contributed by atoms with Crippen LogP contribution in [0.2, 0.25) is 0 Å². The number of hydrogen-bond acceptors (Lipinski definition) is 4. The molecule has 1 heterocycles. The van der Waals surface area contributed by atoms with Crippen molar-refractivity contribution in [2.45, 2.75) is 13.0 Å².